The Hall–Kier alpha value is -2.46. The number of likely N-dealkylation sites (N-methyl/N-ethyl adjacent to an activating group) is 1. The van der Waals surface area contributed by atoms with Crippen molar-refractivity contribution in [3.05, 3.63) is 60.7 Å². The van der Waals surface area contributed by atoms with Gasteiger partial charge in [0.05, 0.1) is 20.6 Å². The molecule has 0 saturated heterocycles. The third-order valence-electron chi connectivity index (χ3n) is 4.72. The molecule has 0 spiro atoms. The Morgan fingerprint density at radius 3 is 2.83 bits per heavy atom. The van der Waals surface area contributed by atoms with Crippen LogP contribution in [0, 0.1) is 0 Å². The van der Waals surface area contributed by atoms with Crippen molar-refractivity contribution in [2.24, 2.45) is 0 Å². The van der Waals surface area contributed by atoms with Crippen LogP contribution in [0.25, 0.3) is 0 Å². The number of nitrogens with zero attached hydrogens (tertiary/aromatic N) is 2. The number of anilines is 1. The average molecular weight is 463 g/mol. The first-order valence-corrected chi connectivity index (χ1v) is 11.2. The van der Waals surface area contributed by atoms with E-state index in [1.54, 1.807) is 24.3 Å². The molecule has 7 nitrogen and oxygen atoms in total. The number of aromatic nitrogens is 1. The number of thiazole rings is 1. The van der Waals surface area contributed by atoms with Crippen LogP contribution < -0.4 is 10.6 Å². The van der Waals surface area contributed by atoms with Crippen LogP contribution in [-0.2, 0) is 19.5 Å². The lowest BCUT2D eigenvalue weighted by atomic mass is 10.1. The van der Waals surface area contributed by atoms with Crippen LogP contribution >= 0.6 is 34.3 Å². The van der Waals surface area contributed by atoms with E-state index in [0.717, 1.165) is 30.1 Å². The van der Waals surface area contributed by atoms with Crippen molar-refractivity contribution in [2.45, 2.75) is 19.5 Å². The van der Waals surface area contributed by atoms with E-state index in [0.29, 0.717) is 19.8 Å². The molecule has 10 heteroatoms. The quantitative estimate of drug-likeness (QED) is 0.502. The average Bonchev–Trinajstić information content (AvgIpc) is 3.34. The topological polar surface area (TPSA) is 94.6 Å². The number of carbonyl (C=O) groups excluding carboxylic acids is 2. The van der Waals surface area contributed by atoms with Crippen molar-refractivity contribution < 1.29 is 14.7 Å². The molecule has 1 aliphatic heterocycles. The minimum atomic E-state index is -0.379. The first kappa shape index (κ1) is 20.8. The van der Waals surface area contributed by atoms with Crippen LogP contribution in [0.5, 0.6) is 5.75 Å². The second-order valence-corrected chi connectivity index (χ2v) is 9.73. The van der Waals surface area contributed by atoms with Gasteiger partial charge in [-0.25, -0.2) is 4.98 Å². The highest BCUT2D eigenvalue weighted by Gasteiger charge is 2.22. The van der Waals surface area contributed by atoms with Crippen LogP contribution in [0.15, 0.2) is 30.3 Å². The molecule has 0 aliphatic carbocycles. The maximum atomic E-state index is 12.8. The van der Waals surface area contributed by atoms with Gasteiger partial charge in [0.1, 0.15) is 5.75 Å². The molecule has 156 valence electrons. The summed E-state index contributed by atoms with van der Waals surface area (Å²) >= 11 is 8.43. The second kappa shape index (κ2) is 8.73. The largest absolute Gasteiger partial charge is 0.506 e. The summed E-state index contributed by atoms with van der Waals surface area (Å²) < 4.78 is 0.530. The number of aromatic hydroxyl groups is 1. The smallest absolute Gasteiger partial charge is 0.284 e. The Morgan fingerprint density at radius 1 is 1.23 bits per heavy atom. The molecular formula is C20H19ClN4O3S2. The van der Waals surface area contributed by atoms with Gasteiger partial charge in [0.25, 0.3) is 11.8 Å². The number of amides is 2. The Labute approximate surface area is 186 Å². The zero-order chi connectivity index (χ0) is 21.3. The van der Waals surface area contributed by atoms with Gasteiger partial charge in [0.15, 0.2) is 5.01 Å². The molecular weight excluding hydrogens is 444 g/mol. The molecule has 1 aromatic carbocycles. The first-order valence-electron chi connectivity index (χ1n) is 9.23. The van der Waals surface area contributed by atoms with Gasteiger partial charge in [-0.15, -0.1) is 22.7 Å². The van der Waals surface area contributed by atoms with Crippen molar-refractivity contribution in [1.29, 1.82) is 0 Å². The Bertz CT molecular complexity index is 1110. The first-order chi connectivity index (χ1) is 14.4. The number of fused-ring (bicyclic) bond motifs is 1. The van der Waals surface area contributed by atoms with Crippen LogP contribution in [0.1, 0.15) is 35.6 Å². The molecule has 2 aromatic heterocycles. The molecule has 0 radical (unpaired) electrons. The predicted octanol–water partition coefficient (Wildman–Crippen LogP) is 3.73. The van der Waals surface area contributed by atoms with Crippen molar-refractivity contribution >= 4 is 51.8 Å². The molecule has 30 heavy (non-hydrogen) atoms. The summed E-state index contributed by atoms with van der Waals surface area (Å²) in [7, 11) is 2.04. The van der Waals surface area contributed by atoms with E-state index >= 15 is 0 Å². The minimum absolute atomic E-state index is 0.0738. The highest BCUT2D eigenvalue weighted by molar-refractivity contribution is 7.18. The second-order valence-electron chi connectivity index (χ2n) is 6.93. The number of halogens is 1. The standard InChI is InChI=1S/C20H19ClN4O3S2/c1-25-8-7-12-15(10-25)30-20(23-12)19(28)24-17-11(3-2-4-13(17)26)9-22-18(27)14-5-6-16(21)29-14/h2-6,26H,7-10H2,1H3,(H,22,27)(H,24,28). The lowest BCUT2D eigenvalue weighted by Gasteiger charge is -2.20. The Balaban J connectivity index is 1.49. The summed E-state index contributed by atoms with van der Waals surface area (Å²) in [6, 6.07) is 8.19. The molecule has 3 N–H and O–H groups in total. The van der Waals surface area contributed by atoms with E-state index < -0.39 is 0 Å². The number of phenolic OH excluding ortho intramolecular Hbond substituents is 1. The highest BCUT2D eigenvalue weighted by atomic mass is 35.5. The molecule has 4 rings (SSSR count). The fourth-order valence-corrected chi connectivity index (χ4v) is 5.21. The number of rotatable bonds is 5. The molecule has 1 aliphatic rings. The van der Waals surface area contributed by atoms with Gasteiger partial charge in [0.2, 0.25) is 0 Å². The van der Waals surface area contributed by atoms with Crippen LogP contribution in [0.2, 0.25) is 4.34 Å². The monoisotopic (exact) mass is 462 g/mol. The summed E-state index contributed by atoms with van der Waals surface area (Å²) in [5.74, 6) is -0.726. The highest BCUT2D eigenvalue weighted by Crippen LogP contribution is 2.30. The fourth-order valence-electron chi connectivity index (χ4n) is 3.16. The van der Waals surface area contributed by atoms with Gasteiger partial charge in [-0.1, -0.05) is 23.7 Å². The summed E-state index contributed by atoms with van der Waals surface area (Å²) in [5, 5.41) is 16.2. The number of benzene rings is 1. The molecule has 3 aromatic rings. The van der Waals surface area contributed by atoms with Crippen molar-refractivity contribution in [1.82, 2.24) is 15.2 Å². The molecule has 0 saturated carbocycles. The molecule has 0 unspecified atom stereocenters. The van der Waals surface area contributed by atoms with E-state index in [2.05, 4.69) is 20.5 Å². The minimum Gasteiger partial charge on any atom is -0.506 e. The lowest BCUT2D eigenvalue weighted by Crippen LogP contribution is -2.25. The lowest BCUT2D eigenvalue weighted by molar-refractivity contribution is 0.0954. The Morgan fingerprint density at radius 2 is 2.07 bits per heavy atom. The predicted molar refractivity (Wildman–Crippen MR) is 119 cm³/mol. The fraction of sp³-hybridized carbons (Fsp3) is 0.250. The van der Waals surface area contributed by atoms with Gasteiger partial charge in [-0.05, 0) is 30.8 Å². The molecule has 0 fully saturated rings. The van der Waals surface area contributed by atoms with Gasteiger partial charge in [-0.2, -0.15) is 0 Å². The van der Waals surface area contributed by atoms with E-state index in [4.69, 9.17) is 11.6 Å². The number of hydrogen-bond acceptors (Lipinski definition) is 7. The zero-order valence-electron chi connectivity index (χ0n) is 16.1. The van der Waals surface area contributed by atoms with Crippen molar-refractivity contribution in [3.8, 4) is 5.75 Å². The number of para-hydroxylation sites is 1. The SMILES string of the molecule is CN1CCc2nc(C(=O)Nc3c(O)cccc3CNC(=O)c3ccc(Cl)s3)sc2C1. The summed E-state index contributed by atoms with van der Waals surface area (Å²) in [6.45, 7) is 1.83. The van der Waals surface area contributed by atoms with Gasteiger partial charge in [-0.3, -0.25) is 9.59 Å². The van der Waals surface area contributed by atoms with Crippen molar-refractivity contribution in [2.75, 3.05) is 18.9 Å². The summed E-state index contributed by atoms with van der Waals surface area (Å²) in [6.07, 6.45) is 0.816. The number of phenols is 1. The van der Waals surface area contributed by atoms with Crippen molar-refractivity contribution in [3.63, 3.8) is 0 Å². The zero-order valence-corrected chi connectivity index (χ0v) is 18.5. The normalized spacial score (nSPS) is 13.7. The molecule has 2 amide bonds. The third kappa shape index (κ3) is 4.49. The maximum absolute atomic E-state index is 12.8. The number of nitrogens with one attached hydrogen (secondary N) is 2. The van der Waals surface area contributed by atoms with Gasteiger partial charge in [0, 0.05) is 30.9 Å². The van der Waals surface area contributed by atoms with E-state index in [9.17, 15) is 14.7 Å². The van der Waals surface area contributed by atoms with Gasteiger partial charge < -0.3 is 20.6 Å². The molecule has 3 heterocycles. The number of thiophene rings is 1. The number of hydrogen-bond donors (Lipinski definition) is 3. The van der Waals surface area contributed by atoms with E-state index in [-0.39, 0.29) is 29.8 Å². The van der Waals surface area contributed by atoms with E-state index in [1.165, 1.54) is 28.7 Å². The molecule has 0 atom stereocenters. The van der Waals surface area contributed by atoms with Crippen LogP contribution in [-0.4, -0.2) is 40.4 Å². The maximum Gasteiger partial charge on any atom is 0.284 e. The Kier molecular flexibility index (Phi) is 6.05. The summed E-state index contributed by atoms with van der Waals surface area (Å²) in [5.41, 5.74) is 1.81. The van der Waals surface area contributed by atoms with Crippen LogP contribution in [0.3, 0.4) is 0 Å². The molecule has 0 bridgehead atoms. The van der Waals surface area contributed by atoms with Crippen LogP contribution in [0.4, 0.5) is 5.69 Å². The summed E-state index contributed by atoms with van der Waals surface area (Å²) in [4.78, 5) is 33.3. The third-order valence-corrected chi connectivity index (χ3v) is 7.03. The number of carbonyl (C=O) groups is 2. The van der Waals surface area contributed by atoms with Gasteiger partial charge >= 0.3 is 0 Å². The van der Waals surface area contributed by atoms with E-state index in [1.807, 2.05) is 7.05 Å².